The van der Waals surface area contributed by atoms with E-state index in [2.05, 4.69) is 15.6 Å². The zero-order valence-corrected chi connectivity index (χ0v) is 13.0. The van der Waals surface area contributed by atoms with E-state index in [0.717, 1.165) is 5.56 Å². The highest BCUT2D eigenvalue weighted by atomic mass is 16.6. The lowest BCUT2D eigenvalue weighted by molar-refractivity contribution is -0.114. The topological polar surface area (TPSA) is 77.7 Å². The third-order valence-electron chi connectivity index (χ3n) is 3.01. The summed E-state index contributed by atoms with van der Waals surface area (Å²) in [6.07, 6.45) is 3.33. The Hall–Kier alpha value is -2.83. The van der Waals surface area contributed by atoms with Gasteiger partial charge in [-0.3, -0.25) is 9.48 Å². The highest BCUT2D eigenvalue weighted by Crippen LogP contribution is 2.28. The van der Waals surface area contributed by atoms with Crippen molar-refractivity contribution >= 4 is 11.6 Å². The Morgan fingerprint density at radius 3 is 2.77 bits per heavy atom. The predicted molar refractivity (Wildman–Crippen MR) is 82.1 cm³/mol. The van der Waals surface area contributed by atoms with Gasteiger partial charge in [-0.2, -0.15) is 5.10 Å². The zero-order chi connectivity index (χ0) is 16.1. The van der Waals surface area contributed by atoms with Gasteiger partial charge >= 0.3 is 0 Å². The molecule has 0 atom stereocenters. The molecule has 0 fully saturated rings. The summed E-state index contributed by atoms with van der Waals surface area (Å²) < 4.78 is 7.47. The van der Waals surface area contributed by atoms with E-state index in [9.17, 15) is 4.79 Å². The van der Waals surface area contributed by atoms with Gasteiger partial charge in [0.05, 0.1) is 18.0 Å². The van der Waals surface area contributed by atoms with Gasteiger partial charge in [0.25, 0.3) is 5.91 Å². The third kappa shape index (κ3) is 3.25. The summed E-state index contributed by atoms with van der Waals surface area (Å²) in [5.41, 5.74) is 1.58. The number of ether oxygens (including phenoxy) is 1. The maximum atomic E-state index is 12.1. The Bertz CT molecular complexity index is 707. The van der Waals surface area contributed by atoms with Crippen LogP contribution in [0.15, 0.2) is 35.7 Å². The average Bonchev–Trinajstić information content (AvgIpc) is 2.90. The summed E-state index contributed by atoms with van der Waals surface area (Å²) in [5.74, 6) is 0.725. The number of carbonyl (C=O) groups is 1. The van der Waals surface area contributed by atoms with Gasteiger partial charge in [-0.15, -0.1) is 0 Å². The van der Waals surface area contributed by atoms with Crippen LogP contribution in [0.1, 0.15) is 11.1 Å². The van der Waals surface area contributed by atoms with Gasteiger partial charge in [0.1, 0.15) is 12.9 Å². The van der Waals surface area contributed by atoms with Crippen LogP contribution >= 0.6 is 0 Å². The summed E-state index contributed by atoms with van der Waals surface area (Å²) in [5, 5.41) is 10.4. The van der Waals surface area contributed by atoms with Gasteiger partial charge in [-0.25, -0.2) is 0 Å². The molecule has 1 heterocycles. The first-order valence-corrected chi connectivity index (χ1v) is 6.66. The molecule has 0 unspecified atom stereocenters. The summed E-state index contributed by atoms with van der Waals surface area (Å²) in [6, 6.07) is 5.49. The van der Waals surface area contributed by atoms with E-state index in [4.69, 9.17) is 9.57 Å². The maximum Gasteiger partial charge on any atom is 0.273 e. The highest BCUT2D eigenvalue weighted by molar-refractivity contribution is 6.46. The van der Waals surface area contributed by atoms with Gasteiger partial charge in [0.2, 0.25) is 0 Å². The number of carbonyl (C=O) groups excluding carboxylic acids is 1. The number of nitrogens with zero attached hydrogens (tertiary/aromatic N) is 3. The normalized spacial score (nSPS) is 11.2. The molecule has 1 amide bonds. The fourth-order valence-electron chi connectivity index (χ4n) is 2.02. The van der Waals surface area contributed by atoms with Gasteiger partial charge in [-0.1, -0.05) is 17.3 Å². The first-order chi connectivity index (χ1) is 10.6. The van der Waals surface area contributed by atoms with Crippen LogP contribution in [0.25, 0.3) is 0 Å². The van der Waals surface area contributed by atoms with Crippen molar-refractivity contribution in [1.29, 1.82) is 0 Å². The van der Waals surface area contributed by atoms with Crippen LogP contribution in [0.4, 0.5) is 0 Å². The second-order valence-electron chi connectivity index (χ2n) is 4.60. The first kappa shape index (κ1) is 15.6. The van der Waals surface area contributed by atoms with Gasteiger partial charge < -0.3 is 14.9 Å². The molecule has 0 bridgehead atoms. The Morgan fingerprint density at radius 2 is 2.18 bits per heavy atom. The zero-order valence-electron chi connectivity index (χ0n) is 13.0. The van der Waals surface area contributed by atoms with E-state index in [1.807, 2.05) is 19.1 Å². The molecule has 2 rings (SSSR count). The number of hydrogen-bond donors (Lipinski definition) is 1. The number of amides is 1. The van der Waals surface area contributed by atoms with Crippen LogP contribution in [0.2, 0.25) is 0 Å². The van der Waals surface area contributed by atoms with Gasteiger partial charge in [-0.05, 0) is 18.6 Å². The standard InChI is InChI=1S/C15H18N4O3/c1-10-6-5-7-12(22-11-8-17-19(3)9-11)13(10)14(18-21-4)15(20)16-2/h5-9H,1-4H3,(H,16,20)/b18-14+. The van der Waals surface area contributed by atoms with Crippen molar-refractivity contribution in [1.82, 2.24) is 15.1 Å². The fourth-order valence-corrected chi connectivity index (χ4v) is 2.02. The van der Waals surface area contributed by atoms with Crippen molar-refractivity contribution < 1.29 is 14.4 Å². The summed E-state index contributed by atoms with van der Waals surface area (Å²) in [4.78, 5) is 16.9. The highest BCUT2D eigenvalue weighted by Gasteiger charge is 2.21. The fraction of sp³-hybridized carbons (Fsp3) is 0.267. The number of aromatic nitrogens is 2. The third-order valence-corrected chi connectivity index (χ3v) is 3.01. The molecule has 0 saturated heterocycles. The molecule has 1 N–H and O–H groups in total. The molecule has 7 heteroatoms. The van der Waals surface area contributed by atoms with Crippen molar-refractivity contribution in [2.24, 2.45) is 12.2 Å². The molecule has 0 saturated carbocycles. The molecular formula is C15H18N4O3. The number of rotatable bonds is 5. The number of oxime groups is 1. The minimum Gasteiger partial charge on any atom is -0.453 e. The van der Waals surface area contributed by atoms with Gasteiger partial charge in [0.15, 0.2) is 11.5 Å². The first-order valence-electron chi connectivity index (χ1n) is 6.66. The lowest BCUT2D eigenvalue weighted by Crippen LogP contribution is -2.29. The minimum absolute atomic E-state index is 0.155. The Labute approximate surface area is 128 Å². The second kappa shape index (κ2) is 6.75. The molecular weight excluding hydrogens is 284 g/mol. The Morgan fingerprint density at radius 1 is 1.41 bits per heavy atom. The molecule has 7 nitrogen and oxygen atoms in total. The lowest BCUT2D eigenvalue weighted by atomic mass is 10.0. The van der Waals surface area contributed by atoms with E-state index in [0.29, 0.717) is 17.1 Å². The molecule has 116 valence electrons. The van der Waals surface area contributed by atoms with Crippen LogP contribution in [-0.4, -0.2) is 35.6 Å². The molecule has 0 radical (unpaired) electrons. The smallest absolute Gasteiger partial charge is 0.273 e. The largest absolute Gasteiger partial charge is 0.453 e. The second-order valence-corrected chi connectivity index (χ2v) is 4.60. The summed E-state index contributed by atoms with van der Waals surface area (Å²) >= 11 is 0. The monoisotopic (exact) mass is 302 g/mol. The quantitative estimate of drug-likeness (QED) is 0.672. The molecule has 1 aromatic carbocycles. The average molecular weight is 302 g/mol. The molecule has 22 heavy (non-hydrogen) atoms. The van der Waals surface area contributed by atoms with Crippen LogP contribution in [0, 0.1) is 6.92 Å². The van der Waals surface area contributed by atoms with E-state index in [-0.39, 0.29) is 11.6 Å². The van der Waals surface area contributed by atoms with Crippen LogP contribution in [0.3, 0.4) is 0 Å². The van der Waals surface area contributed by atoms with Gasteiger partial charge in [0, 0.05) is 14.1 Å². The van der Waals surface area contributed by atoms with Crippen molar-refractivity contribution in [2.75, 3.05) is 14.2 Å². The Kier molecular flexibility index (Phi) is 4.77. The minimum atomic E-state index is -0.354. The number of nitrogens with one attached hydrogen (secondary N) is 1. The molecule has 0 aliphatic rings. The summed E-state index contributed by atoms with van der Waals surface area (Å²) in [7, 11) is 4.72. The number of aryl methyl sites for hydroxylation is 2. The SMILES string of the molecule is CNC(=O)/C(=N/OC)c1c(C)cccc1Oc1cnn(C)c1. The molecule has 0 aliphatic carbocycles. The molecule has 0 spiro atoms. The van der Waals surface area contributed by atoms with Crippen molar-refractivity contribution in [3.63, 3.8) is 0 Å². The molecule has 2 aromatic rings. The Balaban J connectivity index is 2.49. The van der Waals surface area contributed by atoms with E-state index < -0.39 is 0 Å². The number of likely N-dealkylation sites (N-methyl/N-ethyl adjacent to an activating group) is 1. The lowest BCUT2D eigenvalue weighted by Gasteiger charge is -2.13. The van der Waals surface area contributed by atoms with E-state index >= 15 is 0 Å². The van der Waals surface area contributed by atoms with Crippen LogP contribution in [0.5, 0.6) is 11.5 Å². The molecule has 1 aromatic heterocycles. The van der Waals surface area contributed by atoms with Crippen molar-refractivity contribution in [2.45, 2.75) is 6.92 Å². The van der Waals surface area contributed by atoms with Crippen molar-refractivity contribution in [3.05, 3.63) is 41.7 Å². The molecule has 0 aliphatic heterocycles. The van der Waals surface area contributed by atoms with E-state index in [1.165, 1.54) is 14.2 Å². The number of hydrogen-bond acceptors (Lipinski definition) is 5. The van der Waals surface area contributed by atoms with Crippen LogP contribution in [-0.2, 0) is 16.7 Å². The van der Waals surface area contributed by atoms with Crippen molar-refractivity contribution in [3.8, 4) is 11.5 Å². The predicted octanol–water partition coefficient (Wildman–Crippen LogP) is 1.62. The van der Waals surface area contributed by atoms with E-state index in [1.54, 1.807) is 30.2 Å². The maximum absolute atomic E-state index is 12.1. The number of benzene rings is 1. The summed E-state index contributed by atoms with van der Waals surface area (Å²) in [6.45, 7) is 1.87. The van der Waals surface area contributed by atoms with Crippen LogP contribution < -0.4 is 10.1 Å².